The molecule has 0 fully saturated rings. The van der Waals surface area contributed by atoms with Crippen molar-refractivity contribution in [1.29, 1.82) is 0 Å². The molecule has 4 nitrogen and oxygen atoms in total. The van der Waals surface area contributed by atoms with Crippen LogP contribution in [0.4, 0.5) is 14.5 Å². The van der Waals surface area contributed by atoms with E-state index >= 15 is 0 Å². The number of rotatable bonds is 3. The number of anilines is 1. The Morgan fingerprint density at radius 3 is 2.48 bits per heavy atom. The summed E-state index contributed by atoms with van der Waals surface area (Å²) in [5.41, 5.74) is -0.822. The fourth-order valence-electron chi connectivity index (χ4n) is 1.68. The summed E-state index contributed by atoms with van der Waals surface area (Å²) < 4.78 is 27.1. The minimum atomic E-state index is -1.33. The first kappa shape index (κ1) is 15.1. The van der Waals surface area contributed by atoms with E-state index in [-0.39, 0.29) is 21.3 Å². The van der Waals surface area contributed by atoms with Gasteiger partial charge in [0.25, 0.3) is 5.91 Å². The maximum atomic E-state index is 13.8. The molecule has 7 heteroatoms. The number of hydrogen-bond donors (Lipinski definition) is 2. The number of amides is 1. The standard InChI is InChI=1S/C14H8BrF2NO3/c15-10-3-1-2-9(12(10)17)13(19)18-11-6-7(16)4-5-8(11)14(20)21/h1-6H,(H,18,19)(H,20,21). The first-order valence-electron chi connectivity index (χ1n) is 5.68. The summed E-state index contributed by atoms with van der Waals surface area (Å²) in [6.45, 7) is 0. The summed E-state index contributed by atoms with van der Waals surface area (Å²) in [5, 5.41) is 11.2. The van der Waals surface area contributed by atoms with E-state index in [1.807, 2.05) is 0 Å². The van der Waals surface area contributed by atoms with Crippen molar-refractivity contribution in [2.24, 2.45) is 0 Å². The molecule has 0 bridgehead atoms. The quantitative estimate of drug-likeness (QED) is 0.882. The van der Waals surface area contributed by atoms with Gasteiger partial charge in [-0.2, -0.15) is 0 Å². The zero-order valence-corrected chi connectivity index (χ0v) is 11.9. The first-order chi connectivity index (χ1) is 9.90. The van der Waals surface area contributed by atoms with Crippen molar-refractivity contribution in [1.82, 2.24) is 0 Å². The van der Waals surface area contributed by atoms with E-state index in [0.29, 0.717) is 0 Å². The lowest BCUT2D eigenvalue weighted by atomic mass is 10.1. The Balaban J connectivity index is 2.38. The second-order valence-corrected chi connectivity index (χ2v) is 4.90. The summed E-state index contributed by atoms with van der Waals surface area (Å²) in [6.07, 6.45) is 0. The van der Waals surface area contributed by atoms with Gasteiger partial charge in [-0.3, -0.25) is 4.79 Å². The van der Waals surface area contributed by atoms with Crippen LogP contribution in [-0.2, 0) is 0 Å². The summed E-state index contributed by atoms with van der Waals surface area (Å²) in [7, 11) is 0. The normalized spacial score (nSPS) is 10.2. The Morgan fingerprint density at radius 1 is 1.10 bits per heavy atom. The molecule has 0 aromatic heterocycles. The third-order valence-corrected chi connectivity index (χ3v) is 3.27. The largest absolute Gasteiger partial charge is 0.478 e. The smallest absolute Gasteiger partial charge is 0.337 e. The van der Waals surface area contributed by atoms with Crippen molar-refractivity contribution in [3.63, 3.8) is 0 Å². The summed E-state index contributed by atoms with van der Waals surface area (Å²) in [6, 6.07) is 6.93. The molecule has 0 atom stereocenters. The fraction of sp³-hybridized carbons (Fsp3) is 0. The molecule has 0 radical (unpaired) electrons. The van der Waals surface area contributed by atoms with Gasteiger partial charge in [0.15, 0.2) is 0 Å². The van der Waals surface area contributed by atoms with Crippen LogP contribution in [0.2, 0.25) is 0 Å². The molecule has 2 aromatic rings. The molecular formula is C14H8BrF2NO3. The highest BCUT2D eigenvalue weighted by Crippen LogP contribution is 2.22. The maximum Gasteiger partial charge on any atom is 0.337 e. The SMILES string of the molecule is O=C(O)c1ccc(F)cc1NC(=O)c1cccc(Br)c1F. The topological polar surface area (TPSA) is 66.4 Å². The molecule has 1 amide bonds. The lowest BCUT2D eigenvalue weighted by molar-refractivity contribution is 0.0698. The Labute approximate surface area is 126 Å². The highest BCUT2D eigenvalue weighted by Gasteiger charge is 2.17. The van der Waals surface area contributed by atoms with Crippen LogP contribution in [0, 0.1) is 11.6 Å². The molecule has 21 heavy (non-hydrogen) atoms. The minimum Gasteiger partial charge on any atom is -0.478 e. The van der Waals surface area contributed by atoms with Gasteiger partial charge in [-0.15, -0.1) is 0 Å². The Kier molecular flexibility index (Phi) is 4.32. The lowest BCUT2D eigenvalue weighted by Crippen LogP contribution is -2.16. The predicted molar refractivity (Wildman–Crippen MR) is 75.4 cm³/mol. The van der Waals surface area contributed by atoms with Crippen molar-refractivity contribution < 1.29 is 23.5 Å². The van der Waals surface area contributed by atoms with E-state index < -0.39 is 23.5 Å². The van der Waals surface area contributed by atoms with Crippen LogP contribution in [0.1, 0.15) is 20.7 Å². The molecule has 0 heterocycles. The number of carbonyl (C=O) groups is 2. The monoisotopic (exact) mass is 355 g/mol. The van der Waals surface area contributed by atoms with Crippen LogP contribution < -0.4 is 5.32 Å². The van der Waals surface area contributed by atoms with Crippen molar-refractivity contribution in [2.75, 3.05) is 5.32 Å². The van der Waals surface area contributed by atoms with Gasteiger partial charge in [-0.05, 0) is 46.3 Å². The van der Waals surface area contributed by atoms with Gasteiger partial charge in [-0.1, -0.05) is 6.07 Å². The van der Waals surface area contributed by atoms with E-state index in [1.54, 1.807) is 0 Å². The van der Waals surface area contributed by atoms with Gasteiger partial charge in [-0.25, -0.2) is 13.6 Å². The molecule has 0 aliphatic heterocycles. The van der Waals surface area contributed by atoms with E-state index in [4.69, 9.17) is 5.11 Å². The van der Waals surface area contributed by atoms with Gasteiger partial charge in [0.2, 0.25) is 0 Å². The number of carbonyl (C=O) groups excluding carboxylic acids is 1. The van der Waals surface area contributed by atoms with Crippen LogP contribution in [0.5, 0.6) is 0 Å². The van der Waals surface area contributed by atoms with Crippen molar-refractivity contribution in [2.45, 2.75) is 0 Å². The van der Waals surface area contributed by atoms with Gasteiger partial charge in [0.05, 0.1) is 21.3 Å². The third-order valence-electron chi connectivity index (χ3n) is 2.66. The Bertz CT molecular complexity index is 734. The number of hydrogen-bond acceptors (Lipinski definition) is 2. The van der Waals surface area contributed by atoms with Gasteiger partial charge in [0, 0.05) is 0 Å². The molecule has 2 N–H and O–H groups in total. The lowest BCUT2D eigenvalue weighted by Gasteiger charge is -2.09. The number of benzene rings is 2. The zero-order chi connectivity index (χ0) is 15.6. The van der Waals surface area contributed by atoms with Gasteiger partial charge >= 0.3 is 5.97 Å². The van der Waals surface area contributed by atoms with E-state index in [2.05, 4.69) is 21.2 Å². The number of halogens is 3. The number of carboxylic acids is 1. The minimum absolute atomic E-state index is 0.0906. The predicted octanol–water partition coefficient (Wildman–Crippen LogP) is 3.68. The third kappa shape index (κ3) is 3.25. The second-order valence-electron chi connectivity index (χ2n) is 4.05. The van der Waals surface area contributed by atoms with Crippen LogP contribution >= 0.6 is 15.9 Å². The average Bonchev–Trinajstić information content (AvgIpc) is 2.41. The Morgan fingerprint density at radius 2 is 1.81 bits per heavy atom. The van der Waals surface area contributed by atoms with E-state index in [9.17, 15) is 18.4 Å². The molecule has 0 aliphatic carbocycles. The molecule has 2 rings (SSSR count). The van der Waals surface area contributed by atoms with Crippen molar-refractivity contribution >= 4 is 33.5 Å². The van der Waals surface area contributed by atoms with Crippen LogP contribution in [0.3, 0.4) is 0 Å². The van der Waals surface area contributed by atoms with Crippen LogP contribution in [-0.4, -0.2) is 17.0 Å². The van der Waals surface area contributed by atoms with Crippen molar-refractivity contribution in [3.8, 4) is 0 Å². The van der Waals surface area contributed by atoms with Gasteiger partial charge < -0.3 is 10.4 Å². The summed E-state index contributed by atoms with van der Waals surface area (Å²) in [5.74, 6) is -3.71. The molecule has 2 aromatic carbocycles. The molecular weight excluding hydrogens is 348 g/mol. The summed E-state index contributed by atoms with van der Waals surface area (Å²) >= 11 is 2.94. The number of nitrogens with one attached hydrogen (secondary N) is 1. The van der Waals surface area contributed by atoms with Gasteiger partial charge in [0.1, 0.15) is 11.6 Å². The molecule has 108 valence electrons. The number of carboxylic acid groups (broad SMARTS) is 1. The van der Waals surface area contributed by atoms with E-state index in [1.165, 1.54) is 18.2 Å². The molecule has 0 unspecified atom stereocenters. The van der Waals surface area contributed by atoms with E-state index in [0.717, 1.165) is 18.2 Å². The highest BCUT2D eigenvalue weighted by molar-refractivity contribution is 9.10. The number of aromatic carboxylic acids is 1. The van der Waals surface area contributed by atoms with Crippen molar-refractivity contribution in [3.05, 3.63) is 63.6 Å². The molecule has 0 aliphatic rings. The average molecular weight is 356 g/mol. The molecule has 0 saturated heterocycles. The molecule has 0 spiro atoms. The molecule has 0 saturated carbocycles. The fourth-order valence-corrected chi connectivity index (χ4v) is 2.04. The highest BCUT2D eigenvalue weighted by atomic mass is 79.9. The second kappa shape index (κ2) is 6.01. The van der Waals surface area contributed by atoms with Crippen LogP contribution in [0.15, 0.2) is 40.9 Å². The summed E-state index contributed by atoms with van der Waals surface area (Å²) in [4.78, 5) is 23.0. The first-order valence-corrected chi connectivity index (χ1v) is 6.47. The van der Waals surface area contributed by atoms with Crippen LogP contribution in [0.25, 0.3) is 0 Å². The zero-order valence-electron chi connectivity index (χ0n) is 10.4. The maximum absolute atomic E-state index is 13.8. The Hall–Kier alpha value is -2.28.